The third kappa shape index (κ3) is 7.88. The molecule has 2 aromatic carbocycles. The van der Waals surface area contributed by atoms with Crippen LogP contribution in [0.5, 0.6) is 0 Å². The van der Waals surface area contributed by atoms with Crippen LogP contribution in [-0.2, 0) is 20.8 Å². The van der Waals surface area contributed by atoms with Crippen molar-refractivity contribution in [3.8, 4) is 0 Å². The summed E-state index contributed by atoms with van der Waals surface area (Å²) in [6.45, 7) is 7.37. The van der Waals surface area contributed by atoms with Gasteiger partial charge in [0.15, 0.2) is 0 Å². The van der Waals surface area contributed by atoms with Crippen LogP contribution in [0, 0.1) is 11.8 Å². The molecule has 3 amide bonds. The summed E-state index contributed by atoms with van der Waals surface area (Å²) >= 11 is 0. The number of aromatic carboxylic acids is 1. The van der Waals surface area contributed by atoms with Gasteiger partial charge in [-0.2, -0.15) is 0 Å². The number of hydrogen-bond donors (Lipinski definition) is 4. The molecule has 0 radical (unpaired) electrons. The minimum Gasteiger partial charge on any atom is -0.478 e. The molecular formula is C28H38N4O5. The maximum absolute atomic E-state index is 13.6. The average molecular weight is 511 g/mol. The highest BCUT2D eigenvalue weighted by molar-refractivity contribution is 6.03. The second-order valence-corrected chi connectivity index (χ2v) is 9.64. The van der Waals surface area contributed by atoms with E-state index in [-0.39, 0.29) is 35.4 Å². The van der Waals surface area contributed by atoms with Gasteiger partial charge in [0, 0.05) is 13.5 Å². The Morgan fingerprint density at radius 2 is 1.54 bits per heavy atom. The third-order valence-electron chi connectivity index (χ3n) is 6.59. The number of nitrogens with one attached hydrogen (secondary N) is 2. The van der Waals surface area contributed by atoms with Gasteiger partial charge in [0.1, 0.15) is 12.1 Å². The zero-order valence-electron chi connectivity index (χ0n) is 22.1. The lowest BCUT2D eigenvalue weighted by Crippen LogP contribution is -2.58. The van der Waals surface area contributed by atoms with E-state index in [1.807, 2.05) is 44.2 Å². The van der Waals surface area contributed by atoms with E-state index in [1.165, 1.54) is 17.0 Å². The number of carbonyl (C=O) groups is 4. The van der Waals surface area contributed by atoms with Crippen LogP contribution >= 0.6 is 0 Å². The molecule has 0 unspecified atom stereocenters. The van der Waals surface area contributed by atoms with Crippen molar-refractivity contribution in [2.45, 2.75) is 58.7 Å². The number of likely N-dealkylation sites (N-methyl/N-ethyl adjacent to an activating group) is 1. The van der Waals surface area contributed by atoms with Gasteiger partial charge in [0.05, 0.1) is 17.3 Å². The number of benzene rings is 2. The van der Waals surface area contributed by atoms with Crippen LogP contribution in [0.2, 0.25) is 0 Å². The fraction of sp³-hybridized carbons (Fsp3) is 0.429. The van der Waals surface area contributed by atoms with Crippen LogP contribution in [0.4, 0.5) is 5.69 Å². The lowest BCUT2D eigenvalue weighted by molar-refractivity contribution is -0.141. The molecule has 2 aromatic rings. The highest BCUT2D eigenvalue weighted by Crippen LogP contribution is 2.18. The molecular weight excluding hydrogens is 472 g/mol. The minimum atomic E-state index is -1.18. The van der Waals surface area contributed by atoms with Gasteiger partial charge >= 0.3 is 5.97 Å². The van der Waals surface area contributed by atoms with Crippen molar-refractivity contribution in [3.63, 3.8) is 0 Å². The fourth-order valence-electron chi connectivity index (χ4n) is 3.90. The van der Waals surface area contributed by atoms with Gasteiger partial charge in [0.2, 0.25) is 17.7 Å². The number of para-hydroxylation sites is 1. The number of nitrogens with two attached hydrogens (primary N) is 1. The van der Waals surface area contributed by atoms with Crippen LogP contribution in [0.15, 0.2) is 54.6 Å². The monoisotopic (exact) mass is 510 g/mol. The minimum absolute atomic E-state index is 0.0593. The third-order valence-corrected chi connectivity index (χ3v) is 6.59. The molecule has 0 fully saturated rings. The molecule has 0 aromatic heterocycles. The first kappa shape index (κ1) is 29.5. The van der Waals surface area contributed by atoms with Gasteiger partial charge in [-0.15, -0.1) is 0 Å². The van der Waals surface area contributed by atoms with Gasteiger partial charge in [-0.3, -0.25) is 14.4 Å². The van der Waals surface area contributed by atoms with E-state index >= 15 is 0 Å². The highest BCUT2D eigenvalue weighted by Gasteiger charge is 2.34. The van der Waals surface area contributed by atoms with E-state index in [0.29, 0.717) is 6.42 Å². The first-order valence-electron chi connectivity index (χ1n) is 12.5. The van der Waals surface area contributed by atoms with Gasteiger partial charge < -0.3 is 26.4 Å². The van der Waals surface area contributed by atoms with E-state index < -0.39 is 35.9 Å². The van der Waals surface area contributed by atoms with Crippen LogP contribution in [0.25, 0.3) is 0 Å². The molecule has 4 atom stereocenters. The Balaban J connectivity index is 2.31. The first-order valence-corrected chi connectivity index (χ1v) is 12.5. The second kappa shape index (κ2) is 13.5. The summed E-state index contributed by atoms with van der Waals surface area (Å²) in [5.41, 5.74) is 7.11. The summed E-state index contributed by atoms with van der Waals surface area (Å²) < 4.78 is 0. The normalized spacial score (nSPS) is 14.2. The smallest absolute Gasteiger partial charge is 0.337 e. The fourth-order valence-corrected chi connectivity index (χ4v) is 3.90. The Labute approximate surface area is 218 Å². The molecule has 9 heteroatoms. The van der Waals surface area contributed by atoms with Crippen molar-refractivity contribution in [2.24, 2.45) is 17.6 Å². The summed E-state index contributed by atoms with van der Waals surface area (Å²) in [6.07, 6.45) is 0.945. The number of carboxylic acid groups (broad SMARTS) is 1. The SMILES string of the molecule is CC[C@@H](C)[C@H](N)C(=O)N(C)[C@@H](Cc1ccccc1)C(=O)N[C@H](C(=O)Nc1ccccc1C(=O)O)C(C)C. The van der Waals surface area contributed by atoms with E-state index in [0.717, 1.165) is 5.56 Å². The van der Waals surface area contributed by atoms with Gasteiger partial charge in [-0.05, 0) is 29.5 Å². The van der Waals surface area contributed by atoms with Crippen LogP contribution in [0.3, 0.4) is 0 Å². The topological polar surface area (TPSA) is 142 Å². The summed E-state index contributed by atoms with van der Waals surface area (Å²) in [7, 11) is 1.55. The number of hydrogen-bond acceptors (Lipinski definition) is 5. The molecule has 9 nitrogen and oxygen atoms in total. The summed E-state index contributed by atoms with van der Waals surface area (Å²) in [4.78, 5) is 52.8. The van der Waals surface area contributed by atoms with Gasteiger partial charge in [-0.1, -0.05) is 76.6 Å². The number of amides is 3. The predicted octanol–water partition coefficient (Wildman–Crippen LogP) is 2.91. The molecule has 0 saturated carbocycles. The molecule has 0 bridgehead atoms. The molecule has 5 N–H and O–H groups in total. The number of carbonyl (C=O) groups excluding carboxylic acids is 3. The van der Waals surface area contributed by atoms with Crippen molar-refractivity contribution in [3.05, 3.63) is 65.7 Å². The predicted molar refractivity (Wildman–Crippen MR) is 143 cm³/mol. The van der Waals surface area contributed by atoms with Crippen molar-refractivity contribution in [1.82, 2.24) is 10.2 Å². The van der Waals surface area contributed by atoms with E-state index in [9.17, 15) is 24.3 Å². The maximum atomic E-state index is 13.6. The number of carboxylic acids is 1. The van der Waals surface area contributed by atoms with E-state index in [1.54, 1.807) is 33.0 Å². The summed E-state index contributed by atoms with van der Waals surface area (Å²) in [5, 5.41) is 14.8. The summed E-state index contributed by atoms with van der Waals surface area (Å²) in [6, 6.07) is 12.7. The quantitative estimate of drug-likeness (QED) is 0.346. The van der Waals surface area contributed by atoms with Crippen LogP contribution < -0.4 is 16.4 Å². The Morgan fingerprint density at radius 1 is 0.946 bits per heavy atom. The van der Waals surface area contributed by atoms with Gasteiger partial charge in [-0.25, -0.2) is 4.79 Å². The molecule has 0 aliphatic rings. The van der Waals surface area contributed by atoms with Crippen molar-refractivity contribution in [2.75, 3.05) is 12.4 Å². The molecule has 200 valence electrons. The van der Waals surface area contributed by atoms with Crippen LogP contribution in [0.1, 0.15) is 50.0 Å². The molecule has 0 aliphatic heterocycles. The molecule has 0 saturated heterocycles. The Bertz CT molecular complexity index is 1090. The zero-order valence-corrected chi connectivity index (χ0v) is 22.1. The van der Waals surface area contributed by atoms with Crippen molar-refractivity contribution < 1.29 is 24.3 Å². The highest BCUT2D eigenvalue weighted by atomic mass is 16.4. The van der Waals surface area contributed by atoms with Gasteiger partial charge in [0.25, 0.3) is 0 Å². The standard InChI is InChI=1S/C28H38N4O5/c1-6-18(4)23(29)27(35)32(5)22(16-19-12-8-7-9-13-19)25(33)31-24(17(2)3)26(34)30-21-15-11-10-14-20(21)28(36)37/h7-15,17-18,22-24H,6,16,29H2,1-5H3,(H,30,34)(H,31,33)(H,36,37)/t18-,22+,23+,24+/m1/s1. The molecule has 2 rings (SSSR count). The van der Waals surface area contributed by atoms with E-state index in [2.05, 4.69) is 10.6 Å². The molecule has 37 heavy (non-hydrogen) atoms. The average Bonchev–Trinajstić information content (AvgIpc) is 2.88. The van der Waals surface area contributed by atoms with Crippen molar-refractivity contribution in [1.29, 1.82) is 0 Å². The molecule has 0 heterocycles. The van der Waals surface area contributed by atoms with Crippen molar-refractivity contribution >= 4 is 29.4 Å². The second-order valence-electron chi connectivity index (χ2n) is 9.64. The lowest BCUT2D eigenvalue weighted by atomic mass is 9.96. The Hall–Kier alpha value is -3.72. The van der Waals surface area contributed by atoms with E-state index in [4.69, 9.17) is 5.73 Å². The largest absolute Gasteiger partial charge is 0.478 e. The Morgan fingerprint density at radius 3 is 2.11 bits per heavy atom. The number of rotatable bonds is 12. The molecule has 0 aliphatic carbocycles. The molecule has 0 spiro atoms. The van der Waals surface area contributed by atoms with Crippen LogP contribution in [-0.4, -0.2) is 58.9 Å². The number of anilines is 1. The lowest BCUT2D eigenvalue weighted by Gasteiger charge is -2.32. The zero-order chi connectivity index (χ0) is 27.7. The Kier molecular flexibility index (Phi) is 10.8. The first-order chi connectivity index (χ1) is 17.5. The maximum Gasteiger partial charge on any atom is 0.337 e. The summed E-state index contributed by atoms with van der Waals surface area (Å²) in [5.74, 6) is -2.98. The number of nitrogens with zero attached hydrogens (tertiary/aromatic N) is 1.